The van der Waals surface area contributed by atoms with E-state index < -0.39 is 24.3 Å². The van der Waals surface area contributed by atoms with Gasteiger partial charge in [-0.05, 0) is 12.8 Å². The van der Waals surface area contributed by atoms with E-state index in [1.54, 1.807) is 0 Å². The predicted molar refractivity (Wildman–Crippen MR) is 38.4 cm³/mol. The summed E-state index contributed by atoms with van der Waals surface area (Å²) in [7, 11) is 0. The Morgan fingerprint density at radius 2 is 2.08 bits per heavy atom. The lowest BCUT2D eigenvalue weighted by atomic mass is 10.2. The van der Waals surface area contributed by atoms with Crippen LogP contribution in [0.15, 0.2) is 0 Å². The minimum absolute atomic E-state index is 0.111. The molecule has 0 radical (unpaired) electrons. The number of likely N-dealkylation sites (tertiary alicyclic amines) is 1. The molecule has 6 heteroatoms. The third kappa shape index (κ3) is 1.93. The number of rotatable bonds is 2. The van der Waals surface area contributed by atoms with E-state index in [1.807, 2.05) is 0 Å². The van der Waals surface area contributed by atoms with Crippen LogP contribution in [0.25, 0.3) is 0 Å². The molecule has 1 aliphatic heterocycles. The molecule has 0 unspecified atom stereocenters. The second kappa shape index (κ2) is 3.68. The number of carboxylic acid groups (broad SMARTS) is 1. The number of carboxylic acids is 1. The van der Waals surface area contributed by atoms with Crippen LogP contribution in [0.4, 0.5) is 8.78 Å². The quantitative estimate of drug-likeness (QED) is 0.687. The highest BCUT2D eigenvalue weighted by atomic mass is 19.3. The van der Waals surface area contributed by atoms with Crippen LogP contribution in [0, 0.1) is 0 Å². The molecule has 1 amide bonds. The summed E-state index contributed by atoms with van der Waals surface area (Å²) in [5, 5.41) is 8.58. The summed E-state index contributed by atoms with van der Waals surface area (Å²) in [6, 6.07) is -1.07. The van der Waals surface area contributed by atoms with Gasteiger partial charge in [-0.3, -0.25) is 4.79 Å². The third-order valence-electron chi connectivity index (χ3n) is 2.01. The molecule has 0 bridgehead atoms. The van der Waals surface area contributed by atoms with Crippen LogP contribution < -0.4 is 0 Å². The summed E-state index contributed by atoms with van der Waals surface area (Å²) in [5.41, 5.74) is 0. The summed E-state index contributed by atoms with van der Waals surface area (Å²) in [6.07, 6.45) is -2.39. The molecule has 13 heavy (non-hydrogen) atoms. The van der Waals surface area contributed by atoms with Crippen LogP contribution in [0.2, 0.25) is 0 Å². The molecule has 0 spiro atoms. The SMILES string of the molecule is O=C(O)[C@@H]1CCCN1C(=O)C(F)F. The number of carbonyl (C=O) groups excluding carboxylic acids is 1. The molecule has 0 aromatic heterocycles. The first kappa shape index (κ1) is 9.88. The zero-order valence-corrected chi connectivity index (χ0v) is 6.74. The monoisotopic (exact) mass is 193 g/mol. The Morgan fingerprint density at radius 1 is 1.46 bits per heavy atom. The summed E-state index contributed by atoms with van der Waals surface area (Å²) in [6.45, 7) is 0.111. The van der Waals surface area contributed by atoms with Gasteiger partial charge >= 0.3 is 12.4 Å². The number of amides is 1. The highest BCUT2D eigenvalue weighted by molar-refractivity contribution is 5.86. The Labute approximate surface area is 73.1 Å². The van der Waals surface area contributed by atoms with Crippen LogP contribution in [0.5, 0.6) is 0 Å². The number of halogens is 2. The van der Waals surface area contributed by atoms with Crippen molar-refractivity contribution in [3.05, 3.63) is 0 Å². The van der Waals surface area contributed by atoms with Crippen molar-refractivity contribution in [3.8, 4) is 0 Å². The molecule has 4 nitrogen and oxygen atoms in total. The highest BCUT2D eigenvalue weighted by Crippen LogP contribution is 2.19. The third-order valence-corrected chi connectivity index (χ3v) is 2.01. The normalized spacial score (nSPS) is 22.4. The van der Waals surface area contributed by atoms with Gasteiger partial charge in [-0.15, -0.1) is 0 Å². The van der Waals surface area contributed by atoms with E-state index in [4.69, 9.17) is 5.11 Å². The average molecular weight is 193 g/mol. The van der Waals surface area contributed by atoms with Gasteiger partial charge in [-0.1, -0.05) is 0 Å². The molecule has 0 aromatic rings. The van der Waals surface area contributed by atoms with Gasteiger partial charge in [0.15, 0.2) is 0 Å². The van der Waals surface area contributed by atoms with Gasteiger partial charge in [-0.25, -0.2) is 4.79 Å². The van der Waals surface area contributed by atoms with E-state index in [9.17, 15) is 18.4 Å². The molecule has 0 saturated carbocycles. The average Bonchev–Trinajstić information content (AvgIpc) is 2.50. The molecule has 1 rings (SSSR count). The van der Waals surface area contributed by atoms with Gasteiger partial charge in [0, 0.05) is 6.54 Å². The number of aliphatic carboxylic acids is 1. The van der Waals surface area contributed by atoms with Crippen LogP contribution in [-0.2, 0) is 9.59 Å². The number of carbonyl (C=O) groups is 2. The maximum Gasteiger partial charge on any atom is 0.326 e. The van der Waals surface area contributed by atoms with E-state index in [0.29, 0.717) is 6.42 Å². The van der Waals surface area contributed by atoms with Crippen molar-refractivity contribution in [2.45, 2.75) is 25.3 Å². The fourth-order valence-corrected chi connectivity index (χ4v) is 1.41. The number of alkyl halides is 2. The molecule has 1 fully saturated rings. The van der Waals surface area contributed by atoms with Crippen molar-refractivity contribution in [2.75, 3.05) is 6.54 Å². The molecule has 1 atom stereocenters. The first-order chi connectivity index (χ1) is 6.04. The van der Waals surface area contributed by atoms with Crippen LogP contribution in [0.3, 0.4) is 0 Å². The molecule has 1 saturated heterocycles. The Balaban J connectivity index is 2.68. The Hall–Kier alpha value is -1.20. The summed E-state index contributed by atoms with van der Waals surface area (Å²) < 4.78 is 23.9. The van der Waals surface area contributed by atoms with Gasteiger partial charge in [0.2, 0.25) is 0 Å². The molecule has 1 N–H and O–H groups in total. The first-order valence-corrected chi connectivity index (χ1v) is 3.85. The van der Waals surface area contributed by atoms with Gasteiger partial charge in [-0.2, -0.15) is 8.78 Å². The number of hydrogen-bond donors (Lipinski definition) is 1. The van der Waals surface area contributed by atoms with Crippen molar-refractivity contribution in [2.24, 2.45) is 0 Å². The number of hydrogen-bond acceptors (Lipinski definition) is 2. The summed E-state index contributed by atoms with van der Waals surface area (Å²) in [4.78, 5) is 22.0. The molecular formula is C7H9F2NO3. The smallest absolute Gasteiger partial charge is 0.326 e. The standard InChI is InChI=1S/C7H9F2NO3/c8-5(9)6(11)10-3-1-2-4(10)7(12)13/h4-5H,1-3H2,(H,12,13)/t4-/m0/s1. The maximum absolute atomic E-state index is 11.9. The van der Waals surface area contributed by atoms with E-state index >= 15 is 0 Å². The molecule has 1 heterocycles. The zero-order chi connectivity index (χ0) is 10.0. The summed E-state index contributed by atoms with van der Waals surface area (Å²) >= 11 is 0. The number of nitrogens with zero attached hydrogens (tertiary/aromatic N) is 1. The van der Waals surface area contributed by atoms with Crippen LogP contribution in [0.1, 0.15) is 12.8 Å². The molecule has 1 aliphatic rings. The van der Waals surface area contributed by atoms with Crippen molar-refractivity contribution in [3.63, 3.8) is 0 Å². The van der Waals surface area contributed by atoms with E-state index in [-0.39, 0.29) is 13.0 Å². The molecule has 0 aromatic carbocycles. The predicted octanol–water partition coefficient (Wildman–Crippen LogP) is 0.327. The Bertz CT molecular complexity index is 232. The van der Waals surface area contributed by atoms with Gasteiger partial charge in [0.05, 0.1) is 0 Å². The summed E-state index contributed by atoms with van der Waals surface area (Å²) in [5.74, 6) is -2.60. The maximum atomic E-state index is 11.9. The second-order valence-corrected chi connectivity index (χ2v) is 2.83. The van der Waals surface area contributed by atoms with Crippen LogP contribution >= 0.6 is 0 Å². The van der Waals surface area contributed by atoms with Gasteiger partial charge in [0.25, 0.3) is 5.91 Å². The minimum Gasteiger partial charge on any atom is -0.480 e. The first-order valence-electron chi connectivity index (χ1n) is 3.85. The lowest BCUT2D eigenvalue weighted by molar-refractivity contribution is -0.153. The van der Waals surface area contributed by atoms with Crippen molar-refractivity contribution in [1.29, 1.82) is 0 Å². The van der Waals surface area contributed by atoms with E-state index in [0.717, 1.165) is 4.90 Å². The molecular weight excluding hydrogens is 184 g/mol. The fourth-order valence-electron chi connectivity index (χ4n) is 1.41. The largest absolute Gasteiger partial charge is 0.480 e. The zero-order valence-electron chi connectivity index (χ0n) is 6.74. The highest BCUT2D eigenvalue weighted by Gasteiger charge is 2.37. The van der Waals surface area contributed by atoms with Gasteiger partial charge < -0.3 is 10.0 Å². The van der Waals surface area contributed by atoms with E-state index in [1.165, 1.54) is 0 Å². The van der Waals surface area contributed by atoms with Gasteiger partial charge in [0.1, 0.15) is 6.04 Å². The Morgan fingerprint density at radius 3 is 2.54 bits per heavy atom. The topological polar surface area (TPSA) is 57.6 Å². The van der Waals surface area contributed by atoms with Crippen molar-refractivity contribution >= 4 is 11.9 Å². The Kier molecular flexibility index (Phi) is 2.79. The van der Waals surface area contributed by atoms with Crippen molar-refractivity contribution in [1.82, 2.24) is 4.90 Å². The fraction of sp³-hybridized carbons (Fsp3) is 0.714. The molecule has 74 valence electrons. The minimum atomic E-state index is -3.11. The van der Waals surface area contributed by atoms with E-state index in [2.05, 4.69) is 0 Å². The molecule has 0 aliphatic carbocycles. The lowest BCUT2D eigenvalue weighted by Crippen LogP contribution is -2.43. The second-order valence-electron chi connectivity index (χ2n) is 2.83. The van der Waals surface area contributed by atoms with Crippen LogP contribution in [-0.4, -0.2) is 40.9 Å². The van der Waals surface area contributed by atoms with Crippen molar-refractivity contribution < 1.29 is 23.5 Å². The lowest BCUT2D eigenvalue weighted by Gasteiger charge is -2.20.